The number of hydrogen-bond acceptors (Lipinski definition) is 7. The van der Waals surface area contributed by atoms with Crippen LogP contribution in [-0.2, 0) is 32.9 Å². The minimum atomic E-state index is -4.67. The topological polar surface area (TPSA) is 141 Å². The summed E-state index contributed by atoms with van der Waals surface area (Å²) in [5, 5.41) is 2.84. The summed E-state index contributed by atoms with van der Waals surface area (Å²) in [5.41, 5.74) is 0. The predicted octanol–water partition coefficient (Wildman–Crippen LogP) is 7.74. The van der Waals surface area contributed by atoms with Crippen LogP contribution < -0.4 is 5.32 Å². The van der Waals surface area contributed by atoms with Crippen molar-refractivity contribution < 1.29 is 42.7 Å². The van der Waals surface area contributed by atoms with Crippen molar-refractivity contribution in [2.24, 2.45) is 0 Å². The number of ether oxygens (including phenoxy) is 3. The maximum absolute atomic E-state index is 12.2. The molecule has 0 aromatic carbocycles. The van der Waals surface area contributed by atoms with Gasteiger partial charge in [0.1, 0.15) is 12.9 Å². The van der Waals surface area contributed by atoms with E-state index in [9.17, 15) is 14.2 Å². The molecule has 0 aromatic rings. The summed E-state index contributed by atoms with van der Waals surface area (Å²) in [4.78, 5) is 41.0. The van der Waals surface area contributed by atoms with E-state index in [0.717, 1.165) is 45.1 Å². The number of phosphoric ester groups is 1. The lowest BCUT2D eigenvalue weighted by molar-refractivity contribution is -0.158. The number of carbonyl (C=O) groups excluding carboxylic acids is 2. The molecular formula is C32H64NO9P. The second-order valence-corrected chi connectivity index (χ2v) is 12.8. The molecule has 0 aromatic heterocycles. The average molecular weight is 638 g/mol. The quantitative estimate of drug-likeness (QED) is 0.0285. The summed E-state index contributed by atoms with van der Waals surface area (Å²) in [5.74, 6) is -0.359. The lowest BCUT2D eigenvalue weighted by atomic mass is 10.0. The molecule has 0 fully saturated rings. The molecule has 0 aliphatic heterocycles. The standard InChI is InChI=1S/C32H64NO9P/c1-3-4-5-6-7-15-18-21-24-32(35)42-31(28-41-43(36,37)38)27-40-29-39-26-23-20-17-14-12-10-8-9-11-13-16-19-22-25-33-30(2)34/h31H,3-29H2,1-2H3,(H,33,34)(H2,36,37,38)/t31-/m0/s1. The molecule has 3 N–H and O–H groups in total. The third kappa shape index (κ3) is 35.3. The summed E-state index contributed by atoms with van der Waals surface area (Å²) in [6.07, 6.45) is 24.1. The Morgan fingerprint density at radius 3 is 1.67 bits per heavy atom. The largest absolute Gasteiger partial charge is 0.469 e. The van der Waals surface area contributed by atoms with Gasteiger partial charge in [0.25, 0.3) is 0 Å². The number of amides is 1. The lowest BCUT2D eigenvalue weighted by Gasteiger charge is -2.18. The molecule has 10 nitrogen and oxygen atoms in total. The zero-order valence-corrected chi connectivity index (χ0v) is 28.3. The summed E-state index contributed by atoms with van der Waals surface area (Å²) in [6.45, 7) is 4.67. The highest BCUT2D eigenvalue weighted by molar-refractivity contribution is 7.46. The highest BCUT2D eigenvalue weighted by atomic mass is 31.2. The van der Waals surface area contributed by atoms with Crippen molar-refractivity contribution in [2.75, 3.05) is 33.2 Å². The van der Waals surface area contributed by atoms with Gasteiger partial charge in [0.15, 0.2) is 0 Å². The van der Waals surface area contributed by atoms with Crippen LogP contribution in [0.1, 0.15) is 155 Å². The molecule has 1 atom stereocenters. The summed E-state index contributed by atoms with van der Waals surface area (Å²) in [7, 11) is -4.67. The van der Waals surface area contributed by atoms with Gasteiger partial charge in [-0.1, -0.05) is 122 Å². The van der Waals surface area contributed by atoms with Crippen LogP contribution in [-0.4, -0.2) is 60.9 Å². The zero-order chi connectivity index (χ0) is 31.9. The number of carbonyl (C=O) groups is 2. The van der Waals surface area contributed by atoms with Crippen LogP contribution in [0.4, 0.5) is 0 Å². The van der Waals surface area contributed by atoms with Crippen molar-refractivity contribution in [3.8, 4) is 0 Å². The van der Waals surface area contributed by atoms with Crippen LogP contribution in [0.5, 0.6) is 0 Å². The van der Waals surface area contributed by atoms with Crippen LogP contribution in [0.25, 0.3) is 0 Å². The number of esters is 1. The second-order valence-electron chi connectivity index (χ2n) is 11.6. The van der Waals surface area contributed by atoms with E-state index in [1.54, 1.807) is 6.92 Å². The number of hydrogen-bond donors (Lipinski definition) is 3. The fourth-order valence-electron chi connectivity index (χ4n) is 4.78. The van der Waals surface area contributed by atoms with Crippen molar-refractivity contribution >= 4 is 19.7 Å². The van der Waals surface area contributed by atoms with E-state index in [0.29, 0.717) is 6.61 Å². The van der Waals surface area contributed by atoms with Crippen LogP contribution in [0.3, 0.4) is 0 Å². The fourth-order valence-corrected chi connectivity index (χ4v) is 5.14. The Bertz CT molecular complexity index is 690. The Hall–Kier alpha value is -1.03. The maximum atomic E-state index is 12.2. The third-order valence-corrected chi connectivity index (χ3v) is 7.76. The summed E-state index contributed by atoms with van der Waals surface area (Å²) >= 11 is 0. The lowest BCUT2D eigenvalue weighted by Crippen LogP contribution is -2.28. The molecule has 0 saturated carbocycles. The zero-order valence-electron chi connectivity index (χ0n) is 27.4. The number of nitrogens with one attached hydrogen (secondary N) is 1. The predicted molar refractivity (Wildman–Crippen MR) is 171 cm³/mol. The SMILES string of the molecule is CCCCCCCCCCC(=O)O[C@@H](COCOCCCCCCCCCCCCCCCNC(C)=O)COP(=O)(O)O. The van der Waals surface area contributed by atoms with Crippen molar-refractivity contribution in [3.63, 3.8) is 0 Å². The van der Waals surface area contributed by atoms with E-state index in [1.807, 2.05) is 0 Å². The van der Waals surface area contributed by atoms with Crippen LogP contribution in [0, 0.1) is 0 Å². The number of phosphoric acid groups is 1. The van der Waals surface area contributed by atoms with Gasteiger partial charge >= 0.3 is 13.8 Å². The summed E-state index contributed by atoms with van der Waals surface area (Å²) in [6, 6.07) is 0. The van der Waals surface area contributed by atoms with Crippen molar-refractivity contribution in [2.45, 2.75) is 161 Å². The van der Waals surface area contributed by atoms with E-state index in [4.69, 9.17) is 24.0 Å². The van der Waals surface area contributed by atoms with Gasteiger partial charge in [0.2, 0.25) is 5.91 Å². The Balaban J connectivity index is 3.70. The van der Waals surface area contributed by atoms with Gasteiger partial charge in [-0.25, -0.2) is 4.57 Å². The molecule has 1 amide bonds. The monoisotopic (exact) mass is 637 g/mol. The van der Waals surface area contributed by atoms with Crippen LogP contribution in [0.15, 0.2) is 0 Å². The molecule has 0 spiro atoms. The number of unbranched alkanes of at least 4 members (excludes halogenated alkanes) is 19. The summed E-state index contributed by atoms with van der Waals surface area (Å²) < 4.78 is 31.9. The first-order valence-electron chi connectivity index (χ1n) is 17.0. The van der Waals surface area contributed by atoms with Crippen LogP contribution >= 0.6 is 7.82 Å². The minimum Gasteiger partial charge on any atom is -0.457 e. The van der Waals surface area contributed by atoms with Crippen molar-refractivity contribution in [1.29, 1.82) is 0 Å². The third-order valence-electron chi connectivity index (χ3n) is 7.27. The normalized spacial score (nSPS) is 12.4. The number of rotatable bonds is 33. The van der Waals surface area contributed by atoms with Gasteiger partial charge in [-0.15, -0.1) is 0 Å². The molecule has 0 radical (unpaired) electrons. The molecule has 0 aliphatic rings. The molecule has 0 heterocycles. The Morgan fingerprint density at radius 2 is 1.16 bits per heavy atom. The minimum absolute atomic E-state index is 0.0251. The molecule has 0 unspecified atom stereocenters. The first-order valence-corrected chi connectivity index (χ1v) is 18.6. The Labute approximate surface area is 262 Å². The fraction of sp³-hybridized carbons (Fsp3) is 0.938. The van der Waals surface area contributed by atoms with E-state index in [1.165, 1.54) is 96.3 Å². The Kier molecular flexibility index (Phi) is 30.2. The molecule has 0 rings (SSSR count). The highest BCUT2D eigenvalue weighted by Gasteiger charge is 2.21. The second kappa shape index (κ2) is 31.0. The van der Waals surface area contributed by atoms with Gasteiger partial charge in [-0.05, 0) is 19.3 Å². The average Bonchev–Trinajstić information content (AvgIpc) is 2.95. The molecule has 43 heavy (non-hydrogen) atoms. The van der Waals surface area contributed by atoms with Gasteiger partial charge in [0.05, 0.1) is 13.2 Å². The molecule has 0 saturated heterocycles. The first-order chi connectivity index (χ1) is 20.7. The maximum Gasteiger partial charge on any atom is 0.469 e. The molecule has 11 heteroatoms. The van der Waals surface area contributed by atoms with E-state index >= 15 is 0 Å². The van der Waals surface area contributed by atoms with Crippen molar-refractivity contribution in [3.05, 3.63) is 0 Å². The van der Waals surface area contributed by atoms with Gasteiger partial charge in [-0.2, -0.15) is 0 Å². The van der Waals surface area contributed by atoms with Crippen LogP contribution in [0.2, 0.25) is 0 Å². The first kappa shape index (κ1) is 42.0. The smallest absolute Gasteiger partial charge is 0.457 e. The molecular weight excluding hydrogens is 573 g/mol. The van der Waals surface area contributed by atoms with E-state index in [-0.39, 0.29) is 25.7 Å². The van der Waals surface area contributed by atoms with Gasteiger partial charge in [-0.3, -0.25) is 14.1 Å². The molecule has 0 bridgehead atoms. The van der Waals surface area contributed by atoms with Crippen molar-refractivity contribution in [1.82, 2.24) is 5.32 Å². The Morgan fingerprint density at radius 1 is 0.674 bits per heavy atom. The highest BCUT2D eigenvalue weighted by Crippen LogP contribution is 2.35. The van der Waals surface area contributed by atoms with Gasteiger partial charge < -0.3 is 29.3 Å². The molecule has 256 valence electrons. The van der Waals surface area contributed by atoms with E-state index < -0.39 is 26.5 Å². The van der Waals surface area contributed by atoms with Gasteiger partial charge in [0, 0.05) is 26.5 Å². The molecule has 0 aliphatic carbocycles. The van der Waals surface area contributed by atoms with E-state index in [2.05, 4.69) is 16.8 Å².